The van der Waals surface area contributed by atoms with Gasteiger partial charge in [-0.3, -0.25) is 19.8 Å². The van der Waals surface area contributed by atoms with Crippen LogP contribution < -0.4 is 27.4 Å². The second-order valence-corrected chi connectivity index (χ2v) is 12.3. The SMILES string of the molecule is CC(C)C[C@@H](CNC(=O)/C=C/c1ccccc1)N(C(=O)OCc1ccccc1)C(=O)[C@H](CC(C)C)NC(=O)[C@@H](N)CCCNC(=N)N. The van der Waals surface area contributed by atoms with Crippen molar-refractivity contribution in [2.75, 3.05) is 13.1 Å². The lowest BCUT2D eigenvalue weighted by atomic mass is 9.98. The van der Waals surface area contributed by atoms with Crippen LogP contribution in [-0.2, 0) is 25.7 Å². The molecule has 8 N–H and O–H groups in total. The number of ether oxygens (including phenoxy) is 1. The molecule has 0 bridgehead atoms. The van der Waals surface area contributed by atoms with Gasteiger partial charge < -0.3 is 32.2 Å². The van der Waals surface area contributed by atoms with Gasteiger partial charge in [0.15, 0.2) is 5.96 Å². The highest BCUT2D eigenvalue weighted by molar-refractivity contribution is 5.98. The molecule has 47 heavy (non-hydrogen) atoms. The second kappa shape index (κ2) is 20.4. The van der Waals surface area contributed by atoms with Crippen LogP contribution in [0.5, 0.6) is 0 Å². The number of benzene rings is 2. The summed E-state index contributed by atoms with van der Waals surface area (Å²) in [5, 5.41) is 15.5. The summed E-state index contributed by atoms with van der Waals surface area (Å²) in [6, 6.07) is 15.7. The van der Waals surface area contributed by atoms with Crippen molar-refractivity contribution in [2.45, 2.75) is 78.1 Å². The molecule has 0 radical (unpaired) electrons. The van der Waals surface area contributed by atoms with Gasteiger partial charge in [0.1, 0.15) is 12.6 Å². The fourth-order valence-electron chi connectivity index (χ4n) is 4.86. The van der Waals surface area contributed by atoms with Crippen molar-refractivity contribution in [3.63, 3.8) is 0 Å². The van der Waals surface area contributed by atoms with E-state index in [9.17, 15) is 19.2 Å². The molecule has 0 aliphatic carbocycles. The van der Waals surface area contributed by atoms with Crippen molar-refractivity contribution in [1.82, 2.24) is 20.9 Å². The van der Waals surface area contributed by atoms with Crippen LogP contribution in [0.2, 0.25) is 0 Å². The number of guanidine groups is 1. The van der Waals surface area contributed by atoms with Gasteiger partial charge in [0, 0.05) is 19.2 Å². The highest BCUT2D eigenvalue weighted by Gasteiger charge is 2.37. The fraction of sp³-hybridized carbons (Fsp3) is 0.457. The van der Waals surface area contributed by atoms with Crippen LogP contribution >= 0.6 is 0 Å². The zero-order valence-corrected chi connectivity index (χ0v) is 27.9. The third-order valence-corrected chi connectivity index (χ3v) is 7.15. The van der Waals surface area contributed by atoms with Gasteiger partial charge in [-0.15, -0.1) is 0 Å². The molecule has 2 rings (SSSR count). The monoisotopic (exact) mass is 649 g/mol. The van der Waals surface area contributed by atoms with Gasteiger partial charge in [-0.05, 0) is 54.7 Å². The fourth-order valence-corrected chi connectivity index (χ4v) is 4.86. The lowest BCUT2D eigenvalue weighted by Crippen LogP contribution is -2.58. The molecular formula is C35H51N7O5. The van der Waals surface area contributed by atoms with Crippen LogP contribution in [0.25, 0.3) is 6.08 Å². The smallest absolute Gasteiger partial charge is 0.417 e. The van der Waals surface area contributed by atoms with E-state index in [4.69, 9.17) is 21.6 Å². The Hall–Kier alpha value is -4.71. The van der Waals surface area contributed by atoms with E-state index in [0.717, 1.165) is 16.0 Å². The quantitative estimate of drug-likeness (QED) is 0.0611. The van der Waals surface area contributed by atoms with Crippen LogP contribution in [0.15, 0.2) is 66.7 Å². The molecular weight excluding hydrogens is 598 g/mol. The van der Waals surface area contributed by atoms with Gasteiger partial charge in [-0.1, -0.05) is 88.4 Å². The predicted molar refractivity (Wildman–Crippen MR) is 184 cm³/mol. The number of imide groups is 1. The molecule has 0 heterocycles. The molecule has 0 fully saturated rings. The summed E-state index contributed by atoms with van der Waals surface area (Å²) in [4.78, 5) is 55.1. The molecule has 0 aromatic heterocycles. The maximum Gasteiger partial charge on any atom is 0.417 e. The lowest BCUT2D eigenvalue weighted by molar-refractivity contribution is -0.138. The Kier molecular flexibility index (Phi) is 16.7. The van der Waals surface area contributed by atoms with E-state index < -0.39 is 36.0 Å². The molecule has 0 aliphatic rings. The first-order valence-corrected chi connectivity index (χ1v) is 16.1. The Bertz CT molecular complexity index is 1320. The number of nitrogens with zero attached hydrogens (tertiary/aromatic N) is 1. The molecule has 3 atom stereocenters. The lowest BCUT2D eigenvalue weighted by Gasteiger charge is -2.34. The maximum absolute atomic E-state index is 14.3. The summed E-state index contributed by atoms with van der Waals surface area (Å²) in [7, 11) is 0. The maximum atomic E-state index is 14.3. The molecule has 2 aromatic carbocycles. The van der Waals surface area contributed by atoms with Gasteiger partial charge in [0.2, 0.25) is 11.8 Å². The van der Waals surface area contributed by atoms with Gasteiger partial charge >= 0.3 is 6.09 Å². The highest BCUT2D eigenvalue weighted by Crippen LogP contribution is 2.18. The molecule has 4 amide bonds. The van der Waals surface area contributed by atoms with Crippen molar-refractivity contribution < 1.29 is 23.9 Å². The molecule has 0 spiro atoms. The molecule has 0 saturated carbocycles. The molecule has 0 unspecified atom stereocenters. The highest BCUT2D eigenvalue weighted by atomic mass is 16.6. The van der Waals surface area contributed by atoms with E-state index in [1.807, 2.05) is 76.2 Å². The topological polar surface area (TPSA) is 193 Å². The van der Waals surface area contributed by atoms with Crippen LogP contribution in [-0.4, -0.2) is 65.9 Å². The normalized spacial score (nSPS) is 13.1. The minimum atomic E-state index is -1.07. The molecule has 12 heteroatoms. The summed E-state index contributed by atoms with van der Waals surface area (Å²) >= 11 is 0. The van der Waals surface area contributed by atoms with E-state index in [1.165, 1.54) is 6.08 Å². The van der Waals surface area contributed by atoms with Crippen molar-refractivity contribution >= 4 is 35.9 Å². The van der Waals surface area contributed by atoms with Gasteiger partial charge in [-0.2, -0.15) is 0 Å². The van der Waals surface area contributed by atoms with E-state index in [2.05, 4.69) is 16.0 Å². The van der Waals surface area contributed by atoms with Crippen molar-refractivity contribution in [3.05, 3.63) is 77.9 Å². The van der Waals surface area contributed by atoms with Crippen LogP contribution in [0.4, 0.5) is 4.79 Å². The largest absolute Gasteiger partial charge is 0.444 e. The first-order valence-electron chi connectivity index (χ1n) is 16.1. The van der Waals surface area contributed by atoms with Crippen molar-refractivity contribution in [1.29, 1.82) is 5.41 Å². The first-order chi connectivity index (χ1) is 22.4. The van der Waals surface area contributed by atoms with E-state index in [1.54, 1.807) is 18.2 Å². The minimum Gasteiger partial charge on any atom is -0.444 e. The van der Waals surface area contributed by atoms with Crippen LogP contribution in [0.3, 0.4) is 0 Å². The van der Waals surface area contributed by atoms with Crippen LogP contribution in [0, 0.1) is 17.2 Å². The zero-order valence-electron chi connectivity index (χ0n) is 27.9. The van der Waals surface area contributed by atoms with E-state index in [0.29, 0.717) is 19.4 Å². The Morgan fingerprint density at radius 2 is 1.53 bits per heavy atom. The average Bonchev–Trinajstić information content (AvgIpc) is 3.03. The minimum absolute atomic E-state index is 0.0196. The summed E-state index contributed by atoms with van der Waals surface area (Å²) in [6.07, 6.45) is 3.58. The van der Waals surface area contributed by atoms with Crippen molar-refractivity contribution in [2.24, 2.45) is 23.3 Å². The van der Waals surface area contributed by atoms with E-state index >= 15 is 0 Å². The summed E-state index contributed by atoms with van der Waals surface area (Å²) in [6.45, 7) is 8.00. The number of rotatable bonds is 18. The Labute approximate surface area is 278 Å². The molecule has 0 saturated heterocycles. The number of amides is 4. The van der Waals surface area contributed by atoms with Gasteiger partial charge in [-0.25, -0.2) is 9.69 Å². The van der Waals surface area contributed by atoms with Gasteiger partial charge in [0.05, 0.1) is 12.1 Å². The van der Waals surface area contributed by atoms with Crippen LogP contribution in [0.1, 0.15) is 64.5 Å². The number of nitrogens with one attached hydrogen (secondary N) is 4. The number of carbonyl (C=O) groups excluding carboxylic acids is 4. The zero-order chi connectivity index (χ0) is 34.8. The molecule has 256 valence electrons. The Balaban J connectivity index is 2.32. The molecule has 12 nitrogen and oxygen atoms in total. The summed E-state index contributed by atoms with van der Waals surface area (Å²) in [5.41, 5.74) is 13.0. The third-order valence-electron chi connectivity index (χ3n) is 7.15. The Morgan fingerprint density at radius 3 is 2.13 bits per heavy atom. The molecule has 2 aromatic rings. The average molecular weight is 650 g/mol. The number of hydrogen-bond donors (Lipinski definition) is 6. The summed E-state index contributed by atoms with van der Waals surface area (Å²) in [5.74, 6) is -1.72. The molecule has 0 aliphatic heterocycles. The Morgan fingerprint density at radius 1 is 0.915 bits per heavy atom. The number of hydrogen-bond acceptors (Lipinski definition) is 7. The third kappa shape index (κ3) is 15.0. The van der Waals surface area contributed by atoms with E-state index in [-0.39, 0.29) is 49.7 Å². The standard InChI is InChI=1S/C35H51N7O5/c1-24(2)20-28(22-40-31(43)18-17-26-12-7-5-8-13-26)42(35(46)47-23-27-14-9-6-10-15-27)33(45)30(21-25(3)4)41-32(44)29(36)16-11-19-39-34(37)38/h5-10,12-15,17-18,24-25,28-30H,11,16,19-23,36H2,1-4H3,(H,40,43)(H,41,44)(H4,37,38,39)/b18-17+/t28-,29-,30-/m0/s1. The first kappa shape index (κ1) is 38.5. The van der Waals surface area contributed by atoms with Gasteiger partial charge in [0.25, 0.3) is 5.91 Å². The number of carbonyl (C=O) groups is 4. The number of nitrogens with two attached hydrogens (primary N) is 2. The summed E-state index contributed by atoms with van der Waals surface area (Å²) < 4.78 is 5.65. The van der Waals surface area contributed by atoms with Crippen molar-refractivity contribution in [3.8, 4) is 0 Å². The predicted octanol–water partition coefficient (Wildman–Crippen LogP) is 3.52. The second-order valence-electron chi connectivity index (χ2n) is 12.3.